The van der Waals surface area contributed by atoms with E-state index in [0.717, 1.165) is 0 Å². The smallest absolute Gasteiger partial charge is 0.242 e. The molecule has 0 radical (unpaired) electrons. The number of carbonyl (C=O) groups excluding carboxylic acids is 2. The van der Waals surface area contributed by atoms with Gasteiger partial charge in [0.25, 0.3) is 0 Å². The van der Waals surface area contributed by atoms with E-state index in [4.69, 9.17) is 11.6 Å². The fourth-order valence-electron chi connectivity index (χ4n) is 1.73. The monoisotopic (exact) mass is 341 g/mol. The van der Waals surface area contributed by atoms with Gasteiger partial charge in [0.2, 0.25) is 11.8 Å². The molecule has 2 aromatic heterocycles. The van der Waals surface area contributed by atoms with E-state index < -0.39 is 6.04 Å². The minimum Gasteiger partial charge on any atom is -0.355 e. The van der Waals surface area contributed by atoms with Gasteiger partial charge >= 0.3 is 0 Å². The Kier molecular flexibility index (Phi) is 5.62. The van der Waals surface area contributed by atoms with E-state index in [0.29, 0.717) is 27.9 Å². The molecule has 2 rings (SSSR count). The highest BCUT2D eigenvalue weighted by atomic mass is 35.5. The Morgan fingerprint density at radius 3 is 3.00 bits per heavy atom. The number of hydrogen-bond acceptors (Lipinski definition) is 5. The van der Waals surface area contributed by atoms with Crippen molar-refractivity contribution in [2.75, 3.05) is 12.3 Å². The molecule has 0 aliphatic carbocycles. The number of aromatic nitrogens is 3. The largest absolute Gasteiger partial charge is 0.355 e. The molecule has 0 bridgehead atoms. The van der Waals surface area contributed by atoms with Crippen LogP contribution in [0.1, 0.15) is 13.8 Å². The summed E-state index contributed by atoms with van der Waals surface area (Å²) in [5.41, 5.74) is 1.26. The van der Waals surface area contributed by atoms with Gasteiger partial charge in [0, 0.05) is 12.7 Å². The van der Waals surface area contributed by atoms with Crippen LogP contribution in [0.15, 0.2) is 17.4 Å². The van der Waals surface area contributed by atoms with Crippen LogP contribution in [-0.2, 0) is 9.59 Å². The van der Waals surface area contributed by atoms with E-state index in [1.165, 1.54) is 18.0 Å². The number of carbonyl (C=O) groups is 2. The highest BCUT2D eigenvalue weighted by Crippen LogP contribution is 2.20. The molecule has 0 spiro atoms. The van der Waals surface area contributed by atoms with Crippen LogP contribution in [0.3, 0.4) is 0 Å². The number of nitrogens with zero attached hydrogens (tertiary/aromatic N) is 2. The van der Waals surface area contributed by atoms with E-state index >= 15 is 0 Å². The zero-order chi connectivity index (χ0) is 16.1. The fourth-order valence-corrected chi connectivity index (χ4v) is 2.57. The summed E-state index contributed by atoms with van der Waals surface area (Å²) in [5.74, 6) is -0.296. The molecule has 9 heteroatoms. The number of likely N-dealkylation sites (N-methyl/N-ethyl adjacent to an activating group) is 1. The first-order valence-electron chi connectivity index (χ1n) is 6.70. The third-order valence-corrected chi connectivity index (χ3v) is 3.82. The molecule has 0 saturated carbocycles. The lowest BCUT2D eigenvalue weighted by Gasteiger charge is -2.12. The molecule has 0 fully saturated rings. The van der Waals surface area contributed by atoms with Crippen molar-refractivity contribution >= 4 is 46.3 Å². The van der Waals surface area contributed by atoms with E-state index in [1.807, 2.05) is 6.92 Å². The first-order valence-corrected chi connectivity index (χ1v) is 8.07. The molecule has 0 saturated heterocycles. The predicted molar refractivity (Wildman–Crippen MR) is 85.9 cm³/mol. The van der Waals surface area contributed by atoms with Gasteiger partial charge in [-0.15, -0.1) is 0 Å². The van der Waals surface area contributed by atoms with Gasteiger partial charge in [0.05, 0.1) is 16.3 Å². The van der Waals surface area contributed by atoms with Gasteiger partial charge in [-0.2, -0.15) is 0 Å². The average Bonchev–Trinajstić information content (AvgIpc) is 2.87. The summed E-state index contributed by atoms with van der Waals surface area (Å²) in [7, 11) is 0. The van der Waals surface area contributed by atoms with Crippen LogP contribution in [0.5, 0.6) is 0 Å². The van der Waals surface area contributed by atoms with Crippen molar-refractivity contribution in [1.29, 1.82) is 0 Å². The van der Waals surface area contributed by atoms with Gasteiger partial charge in [-0.3, -0.25) is 9.59 Å². The first-order chi connectivity index (χ1) is 10.5. The van der Waals surface area contributed by atoms with E-state index in [-0.39, 0.29) is 17.6 Å². The highest BCUT2D eigenvalue weighted by molar-refractivity contribution is 7.99. The number of fused-ring (bicyclic) bond motifs is 1. The third kappa shape index (κ3) is 4.35. The van der Waals surface area contributed by atoms with Crippen LogP contribution in [0.2, 0.25) is 5.02 Å². The highest BCUT2D eigenvalue weighted by Gasteiger charge is 2.15. The summed E-state index contributed by atoms with van der Waals surface area (Å²) in [6.45, 7) is 3.99. The summed E-state index contributed by atoms with van der Waals surface area (Å²) in [6.07, 6.45) is 1.51. The molecule has 0 aliphatic heterocycles. The number of H-pyrrole nitrogens is 1. The molecule has 0 aliphatic rings. The normalized spacial score (nSPS) is 12.1. The van der Waals surface area contributed by atoms with Gasteiger partial charge in [-0.25, -0.2) is 9.97 Å². The Morgan fingerprint density at radius 1 is 1.50 bits per heavy atom. The second kappa shape index (κ2) is 7.46. The van der Waals surface area contributed by atoms with Gasteiger partial charge in [-0.1, -0.05) is 23.4 Å². The third-order valence-electron chi connectivity index (χ3n) is 2.74. The lowest BCUT2D eigenvalue weighted by atomic mass is 10.3. The molecule has 2 amide bonds. The Labute approximate surface area is 136 Å². The Hall–Kier alpha value is -1.80. The number of halogens is 1. The van der Waals surface area contributed by atoms with Crippen molar-refractivity contribution in [3.8, 4) is 0 Å². The zero-order valence-electron chi connectivity index (χ0n) is 12.1. The summed E-state index contributed by atoms with van der Waals surface area (Å²) in [4.78, 5) is 34.7. The average molecular weight is 342 g/mol. The summed E-state index contributed by atoms with van der Waals surface area (Å²) in [5, 5.41) is 6.36. The van der Waals surface area contributed by atoms with Crippen molar-refractivity contribution < 1.29 is 9.59 Å². The van der Waals surface area contributed by atoms with E-state index in [2.05, 4.69) is 25.6 Å². The number of pyridine rings is 1. The number of thioether (sulfide) groups is 1. The molecular formula is C13H16ClN5O2S. The maximum atomic E-state index is 11.8. The number of imidazole rings is 1. The molecule has 0 unspecified atom stereocenters. The molecule has 118 valence electrons. The van der Waals surface area contributed by atoms with Crippen LogP contribution >= 0.6 is 23.4 Å². The molecule has 2 aromatic rings. The Balaban J connectivity index is 1.88. The Bertz CT molecular complexity index is 690. The van der Waals surface area contributed by atoms with Crippen molar-refractivity contribution in [1.82, 2.24) is 25.6 Å². The number of amides is 2. The van der Waals surface area contributed by atoms with Crippen molar-refractivity contribution in [3.05, 3.63) is 17.3 Å². The zero-order valence-corrected chi connectivity index (χ0v) is 13.7. The quantitative estimate of drug-likeness (QED) is 0.689. The molecule has 3 N–H and O–H groups in total. The SMILES string of the molecule is CCNC(=O)[C@H](C)NC(=O)CSc1nc2ncc(Cl)cc2[nH]1. The lowest BCUT2D eigenvalue weighted by Crippen LogP contribution is -2.45. The van der Waals surface area contributed by atoms with Crippen molar-refractivity contribution in [3.63, 3.8) is 0 Å². The number of rotatable bonds is 6. The van der Waals surface area contributed by atoms with Crippen LogP contribution < -0.4 is 10.6 Å². The van der Waals surface area contributed by atoms with Crippen LogP contribution in [0.25, 0.3) is 11.2 Å². The summed E-state index contributed by atoms with van der Waals surface area (Å²) < 4.78 is 0. The molecule has 2 heterocycles. The van der Waals surface area contributed by atoms with Crippen LogP contribution in [0, 0.1) is 0 Å². The predicted octanol–water partition coefficient (Wildman–Crippen LogP) is 1.34. The second-order valence-corrected chi connectivity index (χ2v) is 5.94. The van der Waals surface area contributed by atoms with Crippen LogP contribution in [0.4, 0.5) is 0 Å². The Morgan fingerprint density at radius 2 is 2.27 bits per heavy atom. The van der Waals surface area contributed by atoms with Crippen molar-refractivity contribution in [2.45, 2.75) is 25.0 Å². The maximum absolute atomic E-state index is 11.8. The minimum absolute atomic E-state index is 0.150. The molecule has 7 nitrogen and oxygen atoms in total. The molecule has 1 atom stereocenters. The maximum Gasteiger partial charge on any atom is 0.242 e. The summed E-state index contributed by atoms with van der Waals surface area (Å²) >= 11 is 7.08. The fraction of sp³-hybridized carbons (Fsp3) is 0.385. The number of nitrogens with one attached hydrogen (secondary N) is 3. The van der Waals surface area contributed by atoms with E-state index in [9.17, 15) is 9.59 Å². The minimum atomic E-state index is -0.566. The van der Waals surface area contributed by atoms with Gasteiger partial charge in [0.1, 0.15) is 6.04 Å². The lowest BCUT2D eigenvalue weighted by molar-refractivity contribution is -0.127. The topological polar surface area (TPSA) is 99.8 Å². The number of aromatic amines is 1. The first kappa shape index (κ1) is 16.6. The number of hydrogen-bond donors (Lipinski definition) is 3. The molecular weight excluding hydrogens is 326 g/mol. The van der Waals surface area contributed by atoms with Crippen LogP contribution in [-0.4, -0.2) is 45.1 Å². The molecule has 0 aromatic carbocycles. The van der Waals surface area contributed by atoms with Crippen molar-refractivity contribution in [2.24, 2.45) is 0 Å². The molecule has 22 heavy (non-hydrogen) atoms. The van der Waals surface area contributed by atoms with E-state index in [1.54, 1.807) is 13.0 Å². The van der Waals surface area contributed by atoms with Gasteiger partial charge in [-0.05, 0) is 19.9 Å². The standard InChI is InChI=1S/C13H16ClN5O2S/c1-3-15-12(21)7(2)17-10(20)6-22-13-18-9-4-8(14)5-16-11(9)19-13/h4-5,7H,3,6H2,1-2H3,(H,15,21)(H,17,20)(H,16,18,19)/t7-/m0/s1. The van der Waals surface area contributed by atoms with Gasteiger partial charge in [0.15, 0.2) is 10.8 Å². The summed E-state index contributed by atoms with van der Waals surface area (Å²) in [6, 6.07) is 1.15. The second-order valence-electron chi connectivity index (χ2n) is 4.54. The van der Waals surface area contributed by atoms with Gasteiger partial charge < -0.3 is 15.6 Å².